The first-order valence-corrected chi connectivity index (χ1v) is 5.01. The summed E-state index contributed by atoms with van der Waals surface area (Å²) in [4.78, 5) is 2.43. The van der Waals surface area contributed by atoms with Crippen LogP contribution in [0.4, 0.5) is 0 Å². The molecule has 0 bridgehead atoms. The zero-order valence-corrected chi connectivity index (χ0v) is 8.98. The van der Waals surface area contributed by atoms with Gasteiger partial charge in [-0.15, -0.1) is 5.92 Å². The third-order valence-electron chi connectivity index (χ3n) is 3.04. The highest BCUT2D eigenvalue weighted by atomic mass is 15.1. The smallest absolute Gasteiger partial charge is 0.0601 e. The fraction of sp³-hybridized carbons (Fsp3) is 0.818. The second kappa shape index (κ2) is 4.64. The van der Waals surface area contributed by atoms with Crippen LogP contribution in [0.25, 0.3) is 0 Å². The molecule has 2 heteroatoms. The van der Waals surface area contributed by atoms with Crippen LogP contribution < -0.4 is 5.32 Å². The Balaban J connectivity index is 2.33. The molecule has 1 heterocycles. The number of likely N-dealkylation sites (tertiary alicyclic amines) is 1. The van der Waals surface area contributed by atoms with Gasteiger partial charge in [0.15, 0.2) is 0 Å². The van der Waals surface area contributed by atoms with E-state index in [2.05, 4.69) is 36.0 Å². The van der Waals surface area contributed by atoms with E-state index in [0.29, 0.717) is 5.54 Å². The predicted octanol–water partition coefficient (Wildman–Crippen LogP) is 1.08. The van der Waals surface area contributed by atoms with E-state index in [1.807, 2.05) is 6.92 Å². The minimum absolute atomic E-state index is 0.357. The van der Waals surface area contributed by atoms with Crippen molar-refractivity contribution < 1.29 is 0 Å². The van der Waals surface area contributed by atoms with Crippen molar-refractivity contribution in [2.45, 2.75) is 32.2 Å². The zero-order chi connectivity index (χ0) is 9.73. The van der Waals surface area contributed by atoms with Crippen LogP contribution in [-0.2, 0) is 0 Å². The molecule has 1 fully saturated rings. The van der Waals surface area contributed by atoms with Gasteiger partial charge in [-0.2, -0.15) is 0 Å². The Labute approximate surface area is 81.7 Å². The van der Waals surface area contributed by atoms with Crippen LogP contribution in [0.5, 0.6) is 0 Å². The Kier molecular flexibility index (Phi) is 3.77. The summed E-state index contributed by atoms with van der Waals surface area (Å²) in [5.41, 5.74) is 0.357. The van der Waals surface area contributed by atoms with E-state index < -0.39 is 0 Å². The molecule has 0 aromatic rings. The molecule has 0 atom stereocenters. The molecule has 1 rings (SSSR count). The SMILES string of the molecule is CC#CCN1CCC(C)(NC)CC1. The summed E-state index contributed by atoms with van der Waals surface area (Å²) in [6, 6.07) is 0. The summed E-state index contributed by atoms with van der Waals surface area (Å²) in [6.07, 6.45) is 2.46. The Hall–Kier alpha value is -0.520. The number of piperidine rings is 1. The van der Waals surface area contributed by atoms with Crippen LogP contribution in [-0.4, -0.2) is 37.1 Å². The van der Waals surface area contributed by atoms with Crippen LogP contribution in [0.2, 0.25) is 0 Å². The Morgan fingerprint density at radius 1 is 1.38 bits per heavy atom. The average Bonchev–Trinajstić information content (AvgIpc) is 2.17. The van der Waals surface area contributed by atoms with Crippen molar-refractivity contribution >= 4 is 0 Å². The molecule has 0 amide bonds. The van der Waals surface area contributed by atoms with Crippen LogP contribution in [0.15, 0.2) is 0 Å². The molecule has 74 valence electrons. The second-order valence-electron chi connectivity index (χ2n) is 4.01. The van der Waals surface area contributed by atoms with Crippen molar-refractivity contribution in [1.82, 2.24) is 10.2 Å². The number of hydrogen-bond acceptors (Lipinski definition) is 2. The van der Waals surface area contributed by atoms with Gasteiger partial charge < -0.3 is 5.32 Å². The van der Waals surface area contributed by atoms with Crippen LogP contribution in [0.3, 0.4) is 0 Å². The topological polar surface area (TPSA) is 15.3 Å². The van der Waals surface area contributed by atoms with Crippen molar-refractivity contribution in [3.8, 4) is 11.8 Å². The fourth-order valence-corrected chi connectivity index (χ4v) is 1.65. The first kappa shape index (κ1) is 10.6. The predicted molar refractivity (Wildman–Crippen MR) is 56.6 cm³/mol. The molecule has 1 saturated heterocycles. The molecule has 0 saturated carbocycles. The van der Waals surface area contributed by atoms with Gasteiger partial charge in [-0.1, -0.05) is 5.92 Å². The van der Waals surface area contributed by atoms with Crippen LogP contribution in [0, 0.1) is 11.8 Å². The van der Waals surface area contributed by atoms with E-state index in [4.69, 9.17) is 0 Å². The molecular weight excluding hydrogens is 160 g/mol. The standard InChI is InChI=1S/C11H20N2/c1-4-5-8-13-9-6-11(2,12-3)7-10-13/h12H,6-10H2,1-3H3. The lowest BCUT2D eigenvalue weighted by Crippen LogP contribution is -2.49. The maximum absolute atomic E-state index is 3.39. The van der Waals surface area contributed by atoms with E-state index in [0.717, 1.165) is 6.54 Å². The summed E-state index contributed by atoms with van der Waals surface area (Å²) in [5.74, 6) is 6.06. The summed E-state index contributed by atoms with van der Waals surface area (Å²) in [7, 11) is 2.06. The molecule has 0 aromatic heterocycles. The monoisotopic (exact) mass is 180 g/mol. The van der Waals surface area contributed by atoms with Gasteiger partial charge in [0.1, 0.15) is 0 Å². The molecule has 1 aliphatic heterocycles. The first-order chi connectivity index (χ1) is 6.20. The molecule has 1 aliphatic rings. The summed E-state index contributed by atoms with van der Waals surface area (Å²) >= 11 is 0. The van der Waals surface area contributed by atoms with Crippen molar-refractivity contribution in [2.75, 3.05) is 26.7 Å². The van der Waals surface area contributed by atoms with Crippen LogP contribution >= 0.6 is 0 Å². The van der Waals surface area contributed by atoms with E-state index in [-0.39, 0.29) is 0 Å². The maximum Gasteiger partial charge on any atom is 0.0601 e. The highest BCUT2D eigenvalue weighted by Gasteiger charge is 2.27. The lowest BCUT2D eigenvalue weighted by molar-refractivity contribution is 0.166. The van der Waals surface area contributed by atoms with Crippen LogP contribution in [0.1, 0.15) is 26.7 Å². The molecule has 0 aliphatic carbocycles. The normalized spacial score (nSPS) is 22.1. The van der Waals surface area contributed by atoms with Gasteiger partial charge >= 0.3 is 0 Å². The Morgan fingerprint density at radius 3 is 2.46 bits per heavy atom. The second-order valence-corrected chi connectivity index (χ2v) is 4.01. The molecule has 0 spiro atoms. The number of nitrogens with zero attached hydrogens (tertiary/aromatic N) is 1. The largest absolute Gasteiger partial charge is 0.314 e. The number of nitrogens with one attached hydrogen (secondary N) is 1. The lowest BCUT2D eigenvalue weighted by atomic mass is 9.90. The quantitative estimate of drug-likeness (QED) is 0.640. The van der Waals surface area contributed by atoms with Gasteiger partial charge in [0, 0.05) is 18.6 Å². The highest BCUT2D eigenvalue weighted by Crippen LogP contribution is 2.20. The van der Waals surface area contributed by atoms with Crippen molar-refractivity contribution in [2.24, 2.45) is 0 Å². The molecule has 0 radical (unpaired) electrons. The zero-order valence-electron chi connectivity index (χ0n) is 8.98. The minimum Gasteiger partial charge on any atom is -0.314 e. The molecule has 2 nitrogen and oxygen atoms in total. The van der Waals surface area contributed by atoms with Gasteiger partial charge in [-0.05, 0) is 33.7 Å². The molecular formula is C11H20N2. The lowest BCUT2D eigenvalue weighted by Gasteiger charge is -2.38. The van der Waals surface area contributed by atoms with Gasteiger partial charge in [0.05, 0.1) is 6.54 Å². The van der Waals surface area contributed by atoms with E-state index in [1.54, 1.807) is 0 Å². The minimum atomic E-state index is 0.357. The summed E-state index contributed by atoms with van der Waals surface area (Å²) in [5, 5.41) is 3.39. The van der Waals surface area contributed by atoms with Crippen molar-refractivity contribution in [3.05, 3.63) is 0 Å². The van der Waals surface area contributed by atoms with E-state index in [1.165, 1.54) is 25.9 Å². The van der Waals surface area contributed by atoms with Crippen molar-refractivity contribution in [3.63, 3.8) is 0 Å². The third kappa shape index (κ3) is 3.02. The third-order valence-corrected chi connectivity index (χ3v) is 3.04. The Morgan fingerprint density at radius 2 is 2.00 bits per heavy atom. The fourth-order valence-electron chi connectivity index (χ4n) is 1.65. The van der Waals surface area contributed by atoms with Gasteiger partial charge in [-0.3, -0.25) is 4.90 Å². The number of hydrogen-bond donors (Lipinski definition) is 1. The maximum atomic E-state index is 3.39. The molecule has 0 aromatic carbocycles. The van der Waals surface area contributed by atoms with E-state index >= 15 is 0 Å². The van der Waals surface area contributed by atoms with Gasteiger partial charge in [0.25, 0.3) is 0 Å². The van der Waals surface area contributed by atoms with Crippen molar-refractivity contribution in [1.29, 1.82) is 0 Å². The molecule has 0 unspecified atom stereocenters. The van der Waals surface area contributed by atoms with E-state index in [9.17, 15) is 0 Å². The summed E-state index contributed by atoms with van der Waals surface area (Å²) < 4.78 is 0. The van der Waals surface area contributed by atoms with Gasteiger partial charge in [0.2, 0.25) is 0 Å². The Bertz CT molecular complexity index is 204. The average molecular weight is 180 g/mol. The number of rotatable bonds is 2. The summed E-state index contributed by atoms with van der Waals surface area (Å²) in [6.45, 7) is 7.49. The van der Waals surface area contributed by atoms with Gasteiger partial charge in [-0.25, -0.2) is 0 Å². The highest BCUT2D eigenvalue weighted by molar-refractivity contribution is 4.99. The molecule has 1 N–H and O–H groups in total. The molecule has 13 heavy (non-hydrogen) atoms. The first-order valence-electron chi connectivity index (χ1n) is 5.01.